The lowest BCUT2D eigenvalue weighted by Gasteiger charge is -2.30. The summed E-state index contributed by atoms with van der Waals surface area (Å²) in [5.41, 5.74) is 0.463. The van der Waals surface area contributed by atoms with Gasteiger partial charge in [0.2, 0.25) is 11.7 Å². The van der Waals surface area contributed by atoms with Gasteiger partial charge in [0, 0.05) is 12.1 Å². The van der Waals surface area contributed by atoms with Crippen LogP contribution in [0.4, 0.5) is 0 Å². The predicted octanol–water partition coefficient (Wildman–Crippen LogP) is 1.79. The average molecular weight is 275 g/mol. The third-order valence-corrected chi connectivity index (χ3v) is 3.77. The molecule has 2 aromatic rings. The topological polar surface area (TPSA) is 91.4 Å². The van der Waals surface area contributed by atoms with E-state index in [4.69, 9.17) is 4.52 Å². The highest BCUT2D eigenvalue weighted by atomic mass is 16.5. The second-order valence-corrected chi connectivity index (χ2v) is 5.47. The number of hydrogen-bond acceptors (Lipinski definition) is 6. The third kappa shape index (κ3) is 2.22. The zero-order valence-corrected chi connectivity index (χ0v) is 11.3. The van der Waals surface area contributed by atoms with Gasteiger partial charge < -0.3 is 20.1 Å². The van der Waals surface area contributed by atoms with Crippen LogP contribution in [0.15, 0.2) is 22.7 Å². The number of rotatable bonds is 2. The fourth-order valence-corrected chi connectivity index (χ4v) is 2.49. The molecule has 0 bridgehead atoms. The van der Waals surface area contributed by atoms with Crippen LogP contribution in [0, 0.1) is 0 Å². The summed E-state index contributed by atoms with van der Waals surface area (Å²) in [6.45, 7) is 3.93. The molecule has 1 unspecified atom stereocenters. The van der Waals surface area contributed by atoms with Gasteiger partial charge in [0.25, 0.3) is 0 Å². The maximum atomic E-state index is 9.52. The molecule has 1 fully saturated rings. The third-order valence-electron chi connectivity index (χ3n) is 3.77. The molecule has 1 atom stereocenters. The molecule has 0 saturated carbocycles. The second kappa shape index (κ2) is 4.79. The van der Waals surface area contributed by atoms with E-state index in [0.717, 1.165) is 25.9 Å². The van der Waals surface area contributed by atoms with Crippen LogP contribution in [-0.4, -0.2) is 33.4 Å². The Morgan fingerprint density at radius 2 is 2.15 bits per heavy atom. The highest BCUT2D eigenvalue weighted by Gasteiger charge is 2.34. The highest BCUT2D eigenvalue weighted by Crippen LogP contribution is 2.33. The molecule has 2 heterocycles. The Bertz CT molecular complexity index is 618. The van der Waals surface area contributed by atoms with E-state index in [0.29, 0.717) is 17.3 Å². The molecule has 1 saturated heterocycles. The van der Waals surface area contributed by atoms with Crippen molar-refractivity contribution in [2.75, 3.05) is 13.1 Å². The Morgan fingerprint density at radius 3 is 2.85 bits per heavy atom. The molecule has 6 nitrogen and oxygen atoms in total. The second-order valence-electron chi connectivity index (χ2n) is 5.47. The van der Waals surface area contributed by atoms with Crippen LogP contribution in [0.3, 0.4) is 0 Å². The van der Waals surface area contributed by atoms with Crippen LogP contribution in [0.5, 0.6) is 11.5 Å². The zero-order valence-electron chi connectivity index (χ0n) is 11.3. The van der Waals surface area contributed by atoms with E-state index in [1.807, 2.05) is 0 Å². The summed E-state index contributed by atoms with van der Waals surface area (Å²) >= 11 is 0. The predicted molar refractivity (Wildman–Crippen MR) is 72.5 cm³/mol. The summed E-state index contributed by atoms with van der Waals surface area (Å²) in [6.07, 6.45) is 2.08. The van der Waals surface area contributed by atoms with E-state index in [9.17, 15) is 10.2 Å². The summed E-state index contributed by atoms with van der Waals surface area (Å²) in [5.74, 6) is 0.662. The maximum absolute atomic E-state index is 9.52. The first-order valence-corrected chi connectivity index (χ1v) is 6.66. The minimum atomic E-state index is -0.195. The Balaban J connectivity index is 1.91. The van der Waals surface area contributed by atoms with Gasteiger partial charge in [-0.1, -0.05) is 5.16 Å². The van der Waals surface area contributed by atoms with Crippen LogP contribution < -0.4 is 5.32 Å². The van der Waals surface area contributed by atoms with Crippen molar-refractivity contribution in [3.05, 3.63) is 24.1 Å². The van der Waals surface area contributed by atoms with Gasteiger partial charge >= 0.3 is 0 Å². The summed E-state index contributed by atoms with van der Waals surface area (Å²) in [7, 11) is 0. The van der Waals surface area contributed by atoms with Gasteiger partial charge in [-0.25, -0.2) is 0 Å². The zero-order chi connectivity index (χ0) is 14.2. The van der Waals surface area contributed by atoms with Crippen molar-refractivity contribution >= 4 is 0 Å². The Morgan fingerprint density at radius 1 is 1.30 bits per heavy atom. The number of phenols is 2. The molecule has 0 radical (unpaired) electrons. The molecule has 0 aliphatic carbocycles. The van der Waals surface area contributed by atoms with E-state index in [1.54, 1.807) is 6.07 Å². The molecule has 3 rings (SSSR count). The van der Waals surface area contributed by atoms with Crippen LogP contribution in [0.1, 0.15) is 25.7 Å². The minimum absolute atomic E-state index is 0.150. The monoisotopic (exact) mass is 275 g/mol. The number of aromatic hydroxyl groups is 2. The van der Waals surface area contributed by atoms with Gasteiger partial charge in [-0.2, -0.15) is 4.98 Å². The van der Waals surface area contributed by atoms with Crippen LogP contribution >= 0.6 is 0 Å². The number of aromatic nitrogens is 2. The average Bonchev–Trinajstić information content (AvgIpc) is 2.93. The van der Waals surface area contributed by atoms with Gasteiger partial charge in [0.1, 0.15) is 0 Å². The lowest BCUT2D eigenvalue weighted by Crippen LogP contribution is -2.41. The summed E-state index contributed by atoms with van der Waals surface area (Å²) in [4.78, 5) is 4.44. The summed E-state index contributed by atoms with van der Waals surface area (Å²) < 4.78 is 5.39. The summed E-state index contributed by atoms with van der Waals surface area (Å²) in [5, 5.41) is 26.1. The SMILES string of the molecule is CC1(c2nc(-c3ccc(O)c(O)c3)no2)CCCNC1. The minimum Gasteiger partial charge on any atom is -0.504 e. The molecule has 20 heavy (non-hydrogen) atoms. The van der Waals surface area contributed by atoms with Crippen LogP contribution in [0.25, 0.3) is 11.4 Å². The Hall–Kier alpha value is -2.08. The van der Waals surface area contributed by atoms with E-state index < -0.39 is 0 Å². The van der Waals surface area contributed by atoms with Crippen molar-refractivity contribution in [3.8, 4) is 22.9 Å². The quantitative estimate of drug-likeness (QED) is 0.724. The van der Waals surface area contributed by atoms with Crippen molar-refractivity contribution in [1.82, 2.24) is 15.5 Å². The first-order valence-electron chi connectivity index (χ1n) is 6.66. The van der Waals surface area contributed by atoms with Gasteiger partial charge in [-0.05, 0) is 44.5 Å². The van der Waals surface area contributed by atoms with Crippen molar-refractivity contribution in [3.63, 3.8) is 0 Å². The van der Waals surface area contributed by atoms with Crippen molar-refractivity contribution < 1.29 is 14.7 Å². The van der Waals surface area contributed by atoms with Gasteiger partial charge in [-0.3, -0.25) is 0 Å². The molecule has 106 valence electrons. The molecule has 1 aliphatic rings. The molecule has 6 heteroatoms. The van der Waals surface area contributed by atoms with Crippen LogP contribution in [0.2, 0.25) is 0 Å². The largest absolute Gasteiger partial charge is 0.504 e. The Kier molecular flexibility index (Phi) is 3.10. The molecule has 1 aromatic heterocycles. The number of phenolic OH excluding ortho intramolecular Hbond substituents is 2. The smallest absolute Gasteiger partial charge is 0.234 e. The van der Waals surface area contributed by atoms with Crippen molar-refractivity contribution in [2.24, 2.45) is 0 Å². The highest BCUT2D eigenvalue weighted by molar-refractivity contribution is 5.60. The fourth-order valence-electron chi connectivity index (χ4n) is 2.49. The lowest BCUT2D eigenvalue weighted by molar-refractivity contribution is 0.245. The number of nitrogens with one attached hydrogen (secondary N) is 1. The molecular weight excluding hydrogens is 258 g/mol. The van der Waals surface area contributed by atoms with E-state index in [1.165, 1.54) is 12.1 Å². The molecular formula is C14H17N3O3. The maximum Gasteiger partial charge on any atom is 0.234 e. The van der Waals surface area contributed by atoms with Gasteiger partial charge in [0.15, 0.2) is 11.5 Å². The fraction of sp³-hybridized carbons (Fsp3) is 0.429. The van der Waals surface area contributed by atoms with Gasteiger partial charge in [0.05, 0.1) is 5.41 Å². The Labute approximate surface area is 116 Å². The van der Waals surface area contributed by atoms with Gasteiger partial charge in [-0.15, -0.1) is 0 Å². The van der Waals surface area contributed by atoms with E-state index in [-0.39, 0.29) is 16.9 Å². The number of hydrogen-bond donors (Lipinski definition) is 3. The molecule has 3 N–H and O–H groups in total. The van der Waals surface area contributed by atoms with Crippen LogP contribution in [-0.2, 0) is 5.41 Å². The number of benzene rings is 1. The van der Waals surface area contributed by atoms with E-state index in [2.05, 4.69) is 22.4 Å². The van der Waals surface area contributed by atoms with Crippen molar-refractivity contribution in [1.29, 1.82) is 0 Å². The summed E-state index contributed by atoms with van der Waals surface area (Å²) in [6, 6.07) is 4.47. The first kappa shape index (κ1) is 12.9. The standard InChI is InChI=1S/C14H17N3O3/c1-14(5-2-6-15-8-14)13-16-12(17-20-13)9-3-4-10(18)11(19)7-9/h3-4,7,15,18-19H,2,5-6,8H2,1H3. The molecule has 1 aromatic carbocycles. The number of piperidine rings is 1. The van der Waals surface area contributed by atoms with E-state index >= 15 is 0 Å². The molecule has 0 amide bonds. The lowest BCUT2D eigenvalue weighted by atomic mass is 9.83. The normalized spacial score (nSPS) is 22.9. The number of nitrogens with zero attached hydrogens (tertiary/aromatic N) is 2. The molecule has 0 spiro atoms. The van der Waals surface area contributed by atoms with Crippen molar-refractivity contribution in [2.45, 2.75) is 25.2 Å². The molecule has 1 aliphatic heterocycles. The first-order chi connectivity index (χ1) is 9.58.